The zero-order valence-electron chi connectivity index (χ0n) is 11.3. The van der Waals surface area contributed by atoms with E-state index in [0.717, 1.165) is 28.4 Å². The predicted octanol–water partition coefficient (Wildman–Crippen LogP) is 2.43. The molecule has 1 heterocycles. The maximum Gasteiger partial charge on any atom is 0.266 e. The summed E-state index contributed by atoms with van der Waals surface area (Å²) in [6.45, 7) is 4.17. The van der Waals surface area contributed by atoms with E-state index in [-0.39, 0.29) is 11.9 Å². The van der Waals surface area contributed by atoms with Crippen molar-refractivity contribution in [1.82, 2.24) is 9.88 Å². The Bertz CT molecular complexity index is 492. The van der Waals surface area contributed by atoms with E-state index in [1.54, 1.807) is 0 Å². The fraction of sp³-hybridized carbons (Fsp3) is 0.615. The molecule has 0 aromatic carbocycles. The average molecular weight is 297 g/mol. The van der Waals surface area contributed by atoms with Gasteiger partial charge in [0.1, 0.15) is 4.88 Å². The first-order valence-corrected chi connectivity index (χ1v) is 7.75. The van der Waals surface area contributed by atoms with Crippen molar-refractivity contribution in [3.63, 3.8) is 0 Å². The number of rotatable bonds is 4. The fourth-order valence-electron chi connectivity index (χ4n) is 2.61. The minimum Gasteiger partial charge on any atom is -0.392 e. The van der Waals surface area contributed by atoms with E-state index < -0.39 is 0 Å². The molecule has 1 aliphatic carbocycles. The summed E-state index contributed by atoms with van der Waals surface area (Å²) in [5.41, 5.74) is 6.45. The van der Waals surface area contributed by atoms with Gasteiger partial charge in [-0.25, -0.2) is 4.98 Å². The summed E-state index contributed by atoms with van der Waals surface area (Å²) in [6.07, 6.45) is 4.44. The molecule has 104 valence electrons. The smallest absolute Gasteiger partial charge is 0.266 e. The van der Waals surface area contributed by atoms with Gasteiger partial charge in [0, 0.05) is 6.04 Å². The number of nitrogens with two attached hydrogens (primary N) is 1. The number of hydrogen-bond acceptors (Lipinski definition) is 4. The monoisotopic (exact) mass is 297 g/mol. The molecule has 1 aromatic rings. The molecule has 19 heavy (non-hydrogen) atoms. The van der Waals surface area contributed by atoms with Gasteiger partial charge in [-0.3, -0.25) is 4.79 Å². The highest BCUT2D eigenvalue weighted by atomic mass is 32.1. The molecule has 4 nitrogen and oxygen atoms in total. The summed E-state index contributed by atoms with van der Waals surface area (Å²) in [5.74, 6) is 0.0304. The van der Waals surface area contributed by atoms with Crippen molar-refractivity contribution in [2.75, 3.05) is 6.54 Å². The topological polar surface area (TPSA) is 59.2 Å². The van der Waals surface area contributed by atoms with Crippen molar-refractivity contribution in [1.29, 1.82) is 0 Å². The minimum atomic E-state index is 0.0304. The molecule has 0 unspecified atom stereocenters. The Morgan fingerprint density at radius 3 is 2.58 bits per heavy atom. The van der Waals surface area contributed by atoms with E-state index in [4.69, 9.17) is 18.0 Å². The van der Waals surface area contributed by atoms with Crippen LogP contribution < -0.4 is 5.73 Å². The second kappa shape index (κ2) is 5.96. The number of thiazole rings is 1. The summed E-state index contributed by atoms with van der Waals surface area (Å²) in [7, 11) is 0. The quantitative estimate of drug-likeness (QED) is 0.867. The van der Waals surface area contributed by atoms with Gasteiger partial charge in [0.2, 0.25) is 0 Å². The van der Waals surface area contributed by atoms with Crippen LogP contribution in [0, 0.1) is 13.8 Å². The van der Waals surface area contributed by atoms with Gasteiger partial charge in [0.25, 0.3) is 5.91 Å². The third-order valence-electron chi connectivity index (χ3n) is 3.45. The summed E-state index contributed by atoms with van der Waals surface area (Å²) in [4.78, 5) is 19.9. The highest BCUT2D eigenvalue weighted by Gasteiger charge is 2.29. The van der Waals surface area contributed by atoms with Crippen molar-refractivity contribution in [2.45, 2.75) is 45.6 Å². The van der Waals surface area contributed by atoms with Gasteiger partial charge in [-0.1, -0.05) is 25.1 Å². The van der Waals surface area contributed by atoms with E-state index in [0.29, 0.717) is 11.5 Å². The second-order valence-electron chi connectivity index (χ2n) is 4.99. The number of amides is 1. The Morgan fingerprint density at radius 1 is 1.47 bits per heavy atom. The number of thiocarbonyl (C=S) groups is 1. The number of aromatic nitrogens is 1. The molecule has 0 spiro atoms. The zero-order chi connectivity index (χ0) is 14.0. The van der Waals surface area contributed by atoms with Crippen LogP contribution in [0.1, 0.15) is 46.1 Å². The van der Waals surface area contributed by atoms with Crippen molar-refractivity contribution >= 4 is 34.5 Å². The lowest BCUT2D eigenvalue weighted by molar-refractivity contribution is 0.0718. The third kappa shape index (κ3) is 3.30. The van der Waals surface area contributed by atoms with E-state index in [2.05, 4.69) is 4.98 Å². The highest BCUT2D eigenvalue weighted by Crippen LogP contribution is 2.27. The molecule has 1 saturated carbocycles. The summed E-state index contributed by atoms with van der Waals surface area (Å²) in [6, 6.07) is 0.274. The summed E-state index contributed by atoms with van der Waals surface area (Å²) >= 11 is 6.44. The lowest BCUT2D eigenvalue weighted by Gasteiger charge is -2.28. The first kappa shape index (κ1) is 14.4. The molecule has 1 amide bonds. The van der Waals surface area contributed by atoms with Crippen molar-refractivity contribution < 1.29 is 4.79 Å². The van der Waals surface area contributed by atoms with Crippen LogP contribution in [0.25, 0.3) is 0 Å². The summed E-state index contributed by atoms with van der Waals surface area (Å²) < 4.78 is 0. The van der Waals surface area contributed by atoms with E-state index in [1.165, 1.54) is 24.2 Å². The van der Waals surface area contributed by atoms with Crippen molar-refractivity contribution in [3.8, 4) is 0 Å². The van der Waals surface area contributed by atoms with Gasteiger partial charge >= 0.3 is 0 Å². The molecule has 2 rings (SSSR count). The Kier molecular flexibility index (Phi) is 4.52. The number of carbonyl (C=O) groups is 1. The maximum atomic E-state index is 12.7. The molecular formula is C13H19N3OS2. The summed E-state index contributed by atoms with van der Waals surface area (Å²) in [5, 5.41) is 0.919. The normalized spacial score (nSPS) is 15.7. The molecular weight excluding hydrogens is 278 g/mol. The van der Waals surface area contributed by atoms with Gasteiger partial charge in [-0.05, 0) is 26.7 Å². The lowest BCUT2D eigenvalue weighted by Crippen LogP contribution is -2.43. The zero-order valence-corrected chi connectivity index (χ0v) is 12.9. The molecule has 2 N–H and O–H groups in total. The first-order chi connectivity index (χ1) is 8.99. The molecule has 6 heteroatoms. The Morgan fingerprint density at radius 2 is 2.11 bits per heavy atom. The van der Waals surface area contributed by atoms with Crippen molar-refractivity contribution in [3.05, 3.63) is 15.6 Å². The van der Waals surface area contributed by atoms with Gasteiger partial charge in [-0.15, -0.1) is 11.3 Å². The van der Waals surface area contributed by atoms with Crippen LogP contribution in [0.4, 0.5) is 0 Å². The Labute approximate surface area is 123 Å². The van der Waals surface area contributed by atoms with Crippen LogP contribution in [0.5, 0.6) is 0 Å². The average Bonchev–Trinajstić information content (AvgIpc) is 2.94. The third-order valence-corrected chi connectivity index (χ3v) is 4.64. The number of nitrogens with zero attached hydrogens (tertiary/aromatic N) is 2. The Hall–Kier alpha value is -1.01. The molecule has 0 radical (unpaired) electrons. The van der Waals surface area contributed by atoms with Crippen LogP contribution in [0.3, 0.4) is 0 Å². The largest absolute Gasteiger partial charge is 0.392 e. The van der Waals surface area contributed by atoms with E-state index in [1.807, 2.05) is 18.7 Å². The maximum absolute atomic E-state index is 12.7. The van der Waals surface area contributed by atoms with Gasteiger partial charge in [-0.2, -0.15) is 0 Å². The number of aryl methyl sites for hydroxylation is 2. The Balaban J connectivity index is 2.24. The molecule has 0 atom stereocenters. The SMILES string of the molecule is Cc1nc(C)c(C(=O)N(CC(N)=S)C2CCCC2)s1. The van der Waals surface area contributed by atoms with Crippen LogP contribution in [0.15, 0.2) is 0 Å². The molecule has 1 aliphatic rings. The van der Waals surface area contributed by atoms with Crippen LogP contribution in [-0.4, -0.2) is 33.4 Å². The van der Waals surface area contributed by atoms with Gasteiger partial charge in [0.05, 0.1) is 22.2 Å². The molecule has 0 aliphatic heterocycles. The first-order valence-electron chi connectivity index (χ1n) is 6.52. The number of hydrogen-bond donors (Lipinski definition) is 1. The molecule has 1 fully saturated rings. The van der Waals surface area contributed by atoms with Gasteiger partial charge < -0.3 is 10.6 Å². The fourth-order valence-corrected chi connectivity index (χ4v) is 3.63. The molecule has 1 aromatic heterocycles. The van der Waals surface area contributed by atoms with Gasteiger partial charge in [0.15, 0.2) is 0 Å². The highest BCUT2D eigenvalue weighted by molar-refractivity contribution is 7.80. The predicted molar refractivity (Wildman–Crippen MR) is 81.7 cm³/mol. The standard InChI is InChI=1S/C13H19N3OS2/c1-8-12(19-9(2)15-8)13(17)16(7-11(14)18)10-5-3-4-6-10/h10H,3-7H2,1-2H3,(H2,14,18). The van der Waals surface area contributed by atoms with Crippen LogP contribution in [0.2, 0.25) is 0 Å². The van der Waals surface area contributed by atoms with Crippen LogP contribution in [-0.2, 0) is 0 Å². The van der Waals surface area contributed by atoms with E-state index >= 15 is 0 Å². The molecule has 0 bridgehead atoms. The lowest BCUT2D eigenvalue weighted by atomic mass is 10.2. The number of carbonyl (C=O) groups excluding carboxylic acids is 1. The van der Waals surface area contributed by atoms with E-state index in [9.17, 15) is 4.79 Å². The second-order valence-corrected chi connectivity index (χ2v) is 6.71. The minimum absolute atomic E-state index is 0.0304. The van der Waals surface area contributed by atoms with Crippen molar-refractivity contribution in [2.24, 2.45) is 5.73 Å². The molecule has 0 saturated heterocycles. The van der Waals surface area contributed by atoms with Crippen LogP contribution >= 0.6 is 23.6 Å².